The molecule has 0 amide bonds. The number of ketones is 1. The van der Waals surface area contributed by atoms with Crippen LogP contribution >= 0.6 is 11.6 Å². The van der Waals surface area contributed by atoms with Gasteiger partial charge in [-0.2, -0.15) is 4.98 Å². The van der Waals surface area contributed by atoms with Crippen molar-refractivity contribution in [2.75, 3.05) is 40.4 Å². The van der Waals surface area contributed by atoms with Gasteiger partial charge in [0.25, 0.3) is 0 Å². The van der Waals surface area contributed by atoms with E-state index in [0.29, 0.717) is 52.6 Å². The van der Waals surface area contributed by atoms with Crippen molar-refractivity contribution in [2.24, 2.45) is 0 Å². The quantitative estimate of drug-likeness (QED) is 0.154. The summed E-state index contributed by atoms with van der Waals surface area (Å²) in [7, 11) is 6.03. The van der Waals surface area contributed by atoms with Gasteiger partial charge in [0.2, 0.25) is 5.75 Å². The number of rotatable bonds is 14. The smallest absolute Gasteiger partial charge is 0.318 e. The lowest BCUT2D eigenvalue weighted by atomic mass is 10.0. The number of halogens is 1. The lowest BCUT2D eigenvalue weighted by Crippen LogP contribution is -2.13. The maximum Gasteiger partial charge on any atom is 0.318 e. The number of methoxy groups -OCH3 is 4. The minimum absolute atomic E-state index is 0.141. The van der Waals surface area contributed by atoms with E-state index in [2.05, 4.69) is 20.3 Å². The number of benzene rings is 2. The van der Waals surface area contributed by atoms with Crippen LogP contribution in [0.1, 0.15) is 33.6 Å². The second kappa shape index (κ2) is 14.2. The molecule has 10 nitrogen and oxygen atoms in total. The average molecular weight is 579 g/mol. The minimum atomic E-state index is -0.346. The van der Waals surface area contributed by atoms with E-state index in [4.69, 9.17) is 35.3 Å². The molecule has 0 bridgehead atoms. The normalized spacial score (nSPS) is 10.6. The van der Waals surface area contributed by atoms with Gasteiger partial charge >= 0.3 is 6.01 Å². The van der Waals surface area contributed by atoms with E-state index in [-0.39, 0.29) is 17.4 Å². The highest BCUT2D eigenvalue weighted by molar-refractivity contribution is 6.32. The lowest BCUT2D eigenvalue weighted by molar-refractivity contribution is 0.103. The molecule has 2 heterocycles. The van der Waals surface area contributed by atoms with Gasteiger partial charge in [-0.05, 0) is 54.8 Å². The number of anilines is 1. The highest BCUT2D eigenvalue weighted by Gasteiger charge is 2.22. The summed E-state index contributed by atoms with van der Waals surface area (Å²) in [6, 6.07) is 14.5. The largest absolute Gasteiger partial charge is 0.495 e. The molecule has 0 unspecified atom stereocenters. The Morgan fingerprint density at radius 2 is 1.66 bits per heavy atom. The Kier molecular flexibility index (Phi) is 10.2. The Balaban J connectivity index is 1.59. The Morgan fingerprint density at radius 1 is 0.902 bits per heavy atom. The first kappa shape index (κ1) is 29.4. The number of carbonyl (C=O) groups is 1. The molecule has 4 rings (SSSR count). The standard InChI is InChI=1S/C30H31ClN4O6/c1-37-24-11-10-19(14-23(24)31)17-33-29-22(27(36)20-15-25(38-2)28(40-4)26(16-20)39-3)18-34-30(35-29)41-13-7-9-21-8-5-6-12-32-21/h5-6,8,10-12,14-16,18H,7,9,13,17H2,1-4H3,(H,33,34,35). The van der Waals surface area contributed by atoms with Crippen molar-refractivity contribution in [3.05, 3.63) is 88.3 Å². The number of hydrogen-bond donors (Lipinski definition) is 1. The highest BCUT2D eigenvalue weighted by Crippen LogP contribution is 2.39. The first-order valence-electron chi connectivity index (χ1n) is 12.8. The summed E-state index contributed by atoms with van der Waals surface area (Å²) in [5.74, 6) is 1.61. The van der Waals surface area contributed by atoms with E-state index in [0.717, 1.165) is 24.1 Å². The zero-order valence-corrected chi connectivity index (χ0v) is 24.0. The molecular formula is C30H31ClN4O6. The first-order valence-corrected chi connectivity index (χ1v) is 13.2. The number of aryl methyl sites for hydroxylation is 1. The second-order valence-electron chi connectivity index (χ2n) is 8.75. The van der Waals surface area contributed by atoms with Crippen LogP contribution in [0.3, 0.4) is 0 Å². The molecule has 0 atom stereocenters. The number of nitrogens with zero attached hydrogens (tertiary/aromatic N) is 3. The van der Waals surface area contributed by atoms with Gasteiger partial charge in [0.05, 0.1) is 45.6 Å². The Hall–Kier alpha value is -4.57. The third kappa shape index (κ3) is 7.34. The van der Waals surface area contributed by atoms with Crippen LogP contribution < -0.4 is 29.0 Å². The summed E-state index contributed by atoms with van der Waals surface area (Å²) in [5, 5.41) is 3.71. The van der Waals surface area contributed by atoms with E-state index >= 15 is 0 Å². The third-order valence-corrected chi connectivity index (χ3v) is 6.44. The molecule has 0 aliphatic heterocycles. The molecule has 0 fully saturated rings. The van der Waals surface area contributed by atoms with Crippen molar-refractivity contribution in [1.29, 1.82) is 0 Å². The van der Waals surface area contributed by atoms with Gasteiger partial charge in [0.15, 0.2) is 17.3 Å². The van der Waals surface area contributed by atoms with Crippen LogP contribution in [0.2, 0.25) is 5.02 Å². The van der Waals surface area contributed by atoms with Gasteiger partial charge < -0.3 is 29.0 Å². The van der Waals surface area contributed by atoms with Crippen LogP contribution in [-0.2, 0) is 13.0 Å². The molecule has 0 aliphatic rings. The molecule has 0 saturated carbocycles. The molecule has 11 heteroatoms. The molecule has 41 heavy (non-hydrogen) atoms. The second-order valence-corrected chi connectivity index (χ2v) is 9.16. The van der Waals surface area contributed by atoms with Crippen LogP contribution in [0.4, 0.5) is 5.82 Å². The van der Waals surface area contributed by atoms with Crippen LogP contribution in [0, 0.1) is 0 Å². The number of pyridine rings is 1. The Labute approximate surface area is 243 Å². The monoisotopic (exact) mass is 578 g/mol. The predicted molar refractivity (Wildman–Crippen MR) is 155 cm³/mol. The molecule has 0 saturated heterocycles. The molecule has 0 spiro atoms. The van der Waals surface area contributed by atoms with E-state index in [1.165, 1.54) is 27.5 Å². The van der Waals surface area contributed by atoms with Crippen molar-refractivity contribution >= 4 is 23.2 Å². The summed E-state index contributed by atoms with van der Waals surface area (Å²) in [5.41, 5.74) is 2.38. The number of aromatic nitrogens is 3. The van der Waals surface area contributed by atoms with E-state index in [1.54, 1.807) is 37.6 Å². The fourth-order valence-corrected chi connectivity index (χ4v) is 4.35. The molecule has 2 aromatic carbocycles. The van der Waals surface area contributed by atoms with Crippen LogP contribution in [0.5, 0.6) is 29.0 Å². The van der Waals surface area contributed by atoms with E-state index in [9.17, 15) is 4.79 Å². The van der Waals surface area contributed by atoms with E-state index in [1.807, 2.05) is 24.3 Å². The van der Waals surface area contributed by atoms with Crippen molar-refractivity contribution in [1.82, 2.24) is 15.0 Å². The molecular weight excluding hydrogens is 548 g/mol. The molecule has 4 aromatic rings. The molecule has 214 valence electrons. The van der Waals surface area contributed by atoms with Crippen LogP contribution in [0.25, 0.3) is 0 Å². The SMILES string of the molecule is COc1ccc(CNc2nc(OCCCc3ccccn3)ncc2C(=O)c2cc(OC)c(OC)c(OC)c2)cc1Cl. The molecule has 0 aliphatic carbocycles. The lowest BCUT2D eigenvalue weighted by Gasteiger charge is -2.15. The van der Waals surface area contributed by atoms with Crippen LogP contribution in [0.15, 0.2) is 60.9 Å². The van der Waals surface area contributed by atoms with Crippen molar-refractivity contribution in [3.8, 4) is 29.0 Å². The number of hydrogen-bond acceptors (Lipinski definition) is 10. The number of nitrogens with one attached hydrogen (secondary N) is 1. The van der Waals surface area contributed by atoms with Gasteiger partial charge in [-0.3, -0.25) is 9.78 Å². The number of carbonyl (C=O) groups excluding carboxylic acids is 1. The summed E-state index contributed by atoms with van der Waals surface area (Å²) >= 11 is 6.30. The summed E-state index contributed by atoms with van der Waals surface area (Å²) in [6.07, 6.45) is 4.67. The molecule has 2 aromatic heterocycles. The predicted octanol–water partition coefficient (Wildman–Crippen LogP) is 5.41. The van der Waals surface area contributed by atoms with Gasteiger partial charge in [0.1, 0.15) is 11.6 Å². The van der Waals surface area contributed by atoms with Crippen molar-refractivity contribution in [3.63, 3.8) is 0 Å². The zero-order chi connectivity index (χ0) is 29.2. The average Bonchev–Trinajstić information content (AvgIpc) is 3.01. The van der Waals surface area contributed by atoms with Gasteiger partial charge in [-0.15, -0.1) is 0 Å². The van der Waals surface area contributed by atoms with E-state index < -0.39 is 0 Å². The Morgan fingerprint density at radius 3 is 2.29 bits per heavy atom. The minimum Gasteiger partial charge on any atom is -0.495 e. The Bertz CT molecular complexity index is 1460. The summed E-state index contributed by atoms with van der Waals surface area (Å²) in [6.45, 7) is 0.708. The fourth-order valence-electron chi connectivity index (χ4n) is 4.07. The zero-order valence-electron chi connectivity index (χ0n) is 23.3. The van der Waals surface area contributed by atoms with Gasteiger partial charge in [-0.25, -0.2) is 4.98 Å². The third-order valence-electron chi connectivity index (χ3n) is 6.15. The molecule has 1 N–H and O–H groups in total. The van der Waals surface area contributed by atoms with Gasteiger partial charge in [-0.1, -0.05) is 23.7 Å². The molecule has 0 radical (unpaired) electrons. The van der Waals surface area contributed by atoms with Crippen molar-refractivity contribution < 1.29 is 28.5 Å². The van der Waals surface area contributed by atoms with Gasteiger partial charge in [0, 0.05) is 30.2 Å². The maximum atomic E-state index is 13.7. The first-order chi connectivity index (χ1) is 20.0. The fraction of sp³-hybridized carbons (Fsp3) is 0.267. The summed E-state index contributed by atoms with van der Waals surface area (Å²) in [4.78, 5) is 26.9. The maximum absolute atomic E-state index is 13.7. The highest BCUT2D eigenvalue weighted by atomic mass is 35.5. The number of ether oxygens (including phenoxy) is 5. The summed E-state index contributed by atoms with van der Waals surface area (Å²) < 4.78 is 27.3. The topological polar surface area (TPSA) is 114 Å². The van der Waals surface area contributed by atoms with Crippen LogP contribution in [-0.4, -0.2) is 55.8 Å². The van der Waals surface area contributed by atoms with Crippen molar-refractivity contribution in [2.45, 2.75) is 19.4 Å².